The van der Waals surface area contributed by atoms with E-state index in [1.807, 2.05) is 24.3 Å². The molecule has 0 bridgehead atoms. The van der Waals surface area contributed by atoms with Crippen molar-refractivity contribution in [3.05, 3.63) is 199 Å². The van der Waals surface area contributed by atoms with E-state index in [-0.39, 0.29) is 16.2 Å². The van der Waals surface area contributed by atoms with Gasteiger partial charge in [-0.05, 0) is 73.9 Å². The molecule has 0 fully saturated rings. The van der Waals surface area contributed by atoms with Gasteiger partial charge in [-0.15, -0.1) is 0 Å². The molecule has 1 aliphatic carbocycles. The molecule has 12 rings (SSSR count). The van der Waals surface area contributed by atoms with E-state index >= 15 is 0 Å². The summed E-state index contributed by atoms with van der Waals surface area (Å²) >= 11 is 0. The lowest BCUT2D eigenvalue weighted by atomic mass is 9.59. The van der Waals surface area contributed by atoms with Crippen molar-refractivity contribution in [1.29, 1.82) is 0 Å². The number of fused-ring (bicyclic) bond motifs is 8. The van der Waals surface area contributed by atoms with E-state index < -0.39 is 0 Å². The fourth-order valence-electron chi connectivity index (χ4n) is 11.0. The van der Waals surface area contributed by atoms with Crippen LogP contribution in [-0.4, -0.2) is 24.1 Å². The van der Waals surface area contributed by atoms with Gasteiger partial charge in [0, 0.05) is 38.4 Å². The van der Waals surface area contributed by atoms with Crippen molar-refractivity contribution in [3.63, 3.8) is 0 Å². The van der Waals surface area contributed by atoms with Gasteiger partial charge in [-0.2, -0.15) is 9.97 Å². The van der Waals surface area contributed by atoms with Gasteiger partial charge in [0.25, 0.3) is 0 Å². The number of nitrogens with zero attached hydrogens (tertiary/aromatic N) is 5. The van der Waals surface area contributed by atoms with E-state index in [9.17, 15) is 0 Å². The van der Waals surface area contributed by atoms with Gasteiger partial charge in [-0.3, -0.25) is 4.57 Å². The first-order chi connectivity index (χ1) is 31.5. The molecule has 3 aromatic heterocycles. The Morgan fingerprint density at radius 2 is 0.862 bits per heavy atom. The predicted octanol–water partition coefficient (Wildman–Crippen LogP) is 15.3. The zero-order valence-electron chi connectivity index (χ0n) is 37.6. The molecule has 0 atom stereocenters. The van der Waals surface area contributed by atoms with Crippen molar-refractivity contribution >= 4 is 43.6 Å². The maximum atomic E-state index is 5.39. The first-order valence-electron chi connectivity index (χ1n) is 22.7. The number of aromatic nitrogens is 5. The first-order valence-corrected chi connectivity index (χ1v) is 22.7. The Bertz CT molecular complexity index is 3660. The zero-order chi connectivity index (χ0) is 44.2. The van der Waals surface area contributed by atoms with Gasteiger partial charge in [0.15, 0.2) is 11.6 Å². The molecule has 0 spiro atoms. The fourth-order valence-corrected chi connectivity index (χ4v) is 11.0. The highest BCUT2D eigenvalue weighted by molar-refractivity contribution is 6.23. The van der Waals surface area contributed by atoms with Crippen LogP contribution in [0.15, 0.2) is 188 Å². The van der Waals surface area contributed by atoms with Gasteiger partial charge < -0.3 is 4.57 Å². The SMILES string of the molecule is CC1(C)c2cccc(-c3cccc(-n4c5ccccc5c5ccc6c7ccccc7n(-c7nc(-c8ccccc8)nc(-c8ccc(-c9ccccc9)cc8)n7)c6c54)c3)c2C(C)(C)C1(C)C. The molecule has 3 heterocycles. The summed E-state index contributed by atoms with van der Waals surface area (Å²) in [7, 11) is 0. The van der Waals surface area contributed by atoms with Crippen LogP contribution < -0.4 is 0 Å². The van der Waals surface area contributed by atoms with Crippen molar-refractivity contribution in [2.24, 2.45) is 5.41 Å². The fraction of sp³-hybridized carbons (Fsp3) is 0.150. The van der Waals surface area contributed by atoms with E-state index in [0.717, 1.165) is 55.2 Å². The second-order valence-electron chi connectivity index (χ2n) is 19.3. The first kappa shape index (κ1) is 39.0. The molecular weight excluding hydrogens is 791 g/mol. The van der Waals surface area contributed by atoms with Crippen LogP contribution in [0.25, 0.3) is 100 Å². The lowest BCUT2D eigenvalue weighted by Gasteiger charge is -2.44. The molecule has 0 aliphatic heterocycles. The monoisotopic (exact) mass is 839 g/mol. The summed E-state index contributed by atoms with van der Waals surface area (Å²) < 4.78 is 4.75. The Morgan fingerprint density at radius 1 is 0.369 bits per heavy atom. The molecule has 0 unspecified atom stereocenters. The largest absolute Gasteiger partial charge is 0.307 e. The summed E-state index contributed by atoms with van der Waals surface area (Å²) in [5, 5.41) is 4.63. The van der Waals surface area contributed by atoms with E-state index in [2.05, 4.69) is 214 Å². The average molecular weight is 840 g/mol. The minimum absolute atomic E-state index is 0.00614. The molecule has 0 saturated carbocycles. The molecule has 0 N–H and O–H groups in total. The molecule has 1 aliphatic rings. The van der Waals surface area contributed by atoms with Gasteiger partial charge in [-0.1, -0.05) is 205 Å². The third-order valence-corrected chi connectivity index (χ3v) is 15.5. The molecule has 8 aromatic carbocycles. The molecule has 65 heavy (non-hydrogen) atoms. The Morgan fingerprint density at radius 3 is 1.51 bits per heavy atom. The molecule has 0 saturated heterocycles. The van der Waals surface area contributed by atoms with Crippen LogP contribution in [-0.2, 0) is 10.8 Å². The average Bonchev–Trinajstić information content (AvgIpc) is 3.90. The smallest absolute Gasteiger partial charge is 0.238 e. The van der Waals surface area contributed by atoms with E-state index in [0.29, 0.717) is 17.6 Å². The van der Waals surface area contributed by atoms with Crippen molar-refractivity contribution < 1.29 is 0 Å². The van der Waals surface area contributed by atoms with Gasteiger partial charge in [-0.25, -0.2) is 4.98 Å². The second kappa shape index (κ2) is 14.2. The van der Waals surface area contributed by atoms with Gasteiger partial charge in [0.2, 0.25) is 5.95 Å². The Hall–Kier alpha value is -7.63. The molecule has 0 amide bonds. The van der Waals surface area contributed by atoms with Crippen LogP contribution in [0.2, 0.25) is 0 Å². The van der Waals surface area contributed by atoms with Gasteiger partial charge in [0.1, 0.15) is 0 Å². The molecule has 314 valence electrons. The molecule has 5 nitrogen and oxygen atoms in total. The van der Waals surface area contributed by atoms with Crippen molar-refractivity contribution in [2.45, 2.75) is 52.4 Å². The minimum atomic E-state index is -0.0513. The Kier molecular flexibility index (Phi) is 8.51. The normalized spacial score (nSPS) is 15.0. The molecule has 5 heteroatoms. The second-order valence-corrected chi connectivity index (χ2v) is 19.3. The highest BCUT2D eigenvalue weighted by atomic mass is 15.2. The summed E-state index contributed by atoms with van der Waals surface area (Å²) in [6.07, 6.45) is 0. The summed E-state index contributed by atoms with van der Waals surface area (Å²) in [5.74, 6) is 1.80. The number of hydrogen-bond acceptors (Lipinski definition) is 3. The lowest BCUT2D eigenvalue weighted by molar-refractivity contribution is 0.125. The van der Waals surface area contributed by atoms with Crippen LogP contribution >= 0.6 is 0 Å². The lowest BCUT2D eigenvalue weighted by Crippen LogP contribution is -2.42. The number of hydrogen-bond donors (Lipinski definition) is 0. The summed E-state index contributed by atoms with van der Waals surface area (Å²) in [5.41, 5.74) is 15.0. The Labute approximate surface area is 379 Å². The standard InChI is InChI=1S/C60H49N5/c1-58(2)49-28-18-27-44(52(49)59(3,4)60(58,5)6)42-23-17-24-43(37-42)64-50-29-15-13-25-45(50)47-35-36-48-46-26-14-16-30-51(46)65(54(48)53(47)64)57-62-55(40-21-11-8-12-22-40)61-56(63-57)41-33-31-39(32-34-41)38-19-9-7-10-20-38/h7-37H,1-6H3. The molecule has 11 aromatic rings. The highest BCUT2D eigenvalue weighted by Crippen LogP contribution is 2.63. The third kappa shape index (κ3) is 5.67. The predicted molar refractivity (Wildman–Crippen MR) is 270 cm³/mol. The van der Waals surface area contributed by atoms with Crippen LogP contribution in [0, 0.1) is 5.41 Å². The zero-order valence-corrected chi connectivity index (χ0v) is 37.6. The van der Waals surface area contributed by atoms with Crippen LogP contribution in [0.1, 0.15) is 52.7 Å². The summed E-state index contributed by atoms with van der Waals surface area (Å²) in [4.78, 5) is 15.9. The Balaban J connectivity index is 1.13. The van der Waals surface area contributed by atoms with Crippen LogP contribution in [0.4, 0.5) is 0 Å². The molecular formula is C60H49N5. The number of para-hydroxylation sites is 2. The van der Waals surface area contributed by atoms with Crippen LogP contribution in [0.3, 0.4) is 0 Å². The highest BCUT2D eigenvalue weighted by Gasteiger charge is 2.57. The minimum Gasteiger partial charge on any atom is -0.307 e. The number of benzene rings is 8. The third-order valence-electron chi connectivity index (χ3n) is 15.5. The van der Waals surface area contributed by atoms with E-state index in [4.69, 9.17) is 15.0 Å². The van der Waals surface area contributed by atoms with Crippen LogP contribution in [0.5, 0.6) is 0 Å². The maximum Gasteiger partial charge on any atom is 0.238 e. The van der Waals surface area contributed by atoms with Crippen molar-refractivity contribution in [2.75, 3.05) is 0 Å². The molecule has 0 radical (unpaired) electrons. The van der Waals surface area contributed by atoms with Gasteiger partial charge >= 0.3 is 0 Å². The maximum absolute atomic E-state index is 5.39. The van der Waals surface area contributed by atoms with Crippen molar-refractivity contribution in [1.82, 2.24) is 24.1 Å². The topological polar surface area (TPSA) is 48.5 Å². The summed E-state index contributed by atoms with van der Waals surface area (Å²) in [6.45, 7) is 14.6. The van der Waals surface area contributed by atoms with Crippen molar-refractivity contribution in [3.8, 4) is 56.7 Å². The quantitative estimate of drug-likeness (QED) is 0.168. The number of rotatable bonds is 6. The van der Waals surface area contributed by atoms with Gasteiger partial charge in [0.05, 0.1) is 22.1 Å². The van der Waals surface area contributed by atoms with E-state index in [1.165, 1.54) is 38.6 Å². The van der Waals surface area contributed by atoms with E-state index in [1.54, 1.807) is 0 Å². The summed E-state index contributed by atoms with van der Waals surface area (Å²) in [6, 6.07) is 67.4.